The molecule has 2 aromatic carbocycles. The summed E-state index contributed by atoms with van der Waals surface area (Å²) in [4.78, 5) is 11.8. The number of ether oxygens (including phenoxy) is 1. The largest absolute Gasteiger partial charge is 0.426 e. The van der Waals surface area contributed by atoms with Gasteiger partial charge in [-0.25, -0.2) is 0 Å². The second-order valence-corrected chi connectivity index (χ2v) is 6.32. The van der Waals surface area contributed by atoms with Crippen LogP contribution in [0.3, 0.4) is 0 Å². The molecule has 2 aromatic rings. The lowest BCUT2D eigenvalue weighted by Gasteiger charge is -2.10. The van der Waals surface area contributed by atoms with Crippen molar-refractivity contribution in [1.29, 1.82) is 5.26 Å². The standard InChI is InChI=1S/C20H20N2O2/c1-13-2-5-17-11-16(8-9-19(17)24-20(13)23)15-6-3-14(4-7-15)10-18(22)12-21/h3-4,6-9,11,13,18H,2,5,10,22H2,1H3/t13?,18-/m0/s1. The van der Waals surface area contributed by atoms with E-state index in [1.807, 2.05) is 49.4 Å². The highest BCUT2D eigenvalue weighted by molar-refractivity contribution is 5.77. The van der Waals surface area contributed by atoms with Crippen molar-refractivity contribution in [2.45, 2.75) is 32.2 Å². The van der Waals surface area contributed by atoms with Crippen LogP contribution in [0.1, 0.15) is 24.5 Å². The Hall–Kier alpha value is -2.64. The zero-order chi connectivity index (χ0) is 17.1. The third-order valence-corrected chi connectivity index (χ3v) is 4.43. The normalized spacial score (nSPS) is 18.0. The lowest BCUT2D eigenvalue weighted by atomic mass is 9.97. The average molecular weight is 320 g/mol. The van der Waals surface area contributed by atoms with E-state index >= 15 is 0 Å². The molecule has 1 unspecified atom stereocenters. The maximum atomic E-state index is 11.8. The van der Waals surface area contributed by atoms with Gasteiger partial charge in [0.15, 0.2) is 0 Å². The van der Waals surface area contributed by atoms with E-state index in [0.717, 1.165) is 35.1 Å². The Bertz CT molecular complexity index is 790. The summed E-state index contributed by atoms with van der Waals surface area (Å²) >= 11 is 0. The Morgan fingerprint density at radius 1 is 1.25 bits per heavy atom. The van der Waals surface area contributed by atoms with Gasteiger partial charge in [-0.15, -0.1) is 0 Å². The Balaban J connectivity index is 1.83. The van der Waals surface area contributed by atoms with Crippen molar-refractivity contribution in [2.75, 3.05) is 0 Å². The first kappa shape index (κ1) is 16.2. The number of esters is 1. The Morgan fingerprint density at radius 3 is 2.67 bits per heavy atom. The summed E-state index contributed by atoms with van der Waals surface area (Å²) < 4.78 is 5.45. The molecule has 0 aliphatic carbocycles. The minimum atomic E-state index is -0.472. The van der Waals surface area contributed by atoms with Gasteiger partial charge in [-0.1, -0.05) is 37.3 Å². The van der Waals surface area contributed by atoms with E-state index in [9.17, 15) is 4.79 Å². The van der Waals surface area contributed by atoms with Crippen LogP contribution in [0.25, 0.3) is 11.1 Å². The van der Waals surface area contributed by atoms with Gasteiger partial charge in [-0.05, 0) is 47.2 Å². The molecule has 2 atom stereocenters. The van der Waals surface area contributed by atoms with Crippen molar-refractivity contribution in [3.63, 3.8) is 0 Å². The van der Waals surface area contributed by atoms with E-state index in [1.54, 1.807) is 0 Å². The van der Waals surface area contributed by atoms with Gasteiger partial charge in [0.2, 0.25) is 0 Å². The summed E-state index contributed by atoms with van der Waals surface area (Å²) in [5.74, 6) is 0.453. The average Bonchev–Trinajstić information content (AvgIpc) is 2.74. The molecule has 3 rings (SSSR count). The maximum Gasteiger partial charge on any atom is 0.314 e. The molecule has 4 nitrogen and oxygen atoms in total. The Kier molecular flexibility index (Phi) is 4.64. The van der Waals surface area contributed by atoms with Crippen LogP contribution < -0.4 is 10.5 Å². The van der Waals surface area contributed by atoms with Gasteiger partial charge >= 0.3 is 5.97 Å². The van der Waals surface area contributed by atoms with Crippen molar-refractivity contribution in [1.82, 2.24) is 0 Å². The van der Waals surface area contributed by atoms with Crippen LogP contribution in [-0.2, 0) is 17.6 Å². The third-order valence-electron chi connectivity index (χ3n) is 4.43. The number of hydrogen-bond donors (Lipinski definition) is 1. The van der Waals surface area contributed by atoms with E-state index in [-0.39, 0.29) is 11.9 Å². The molecule has 0 amide bonds. The van der Waals surface area contributed by atoms with Gasteiger partial charge in [0.1, 0.15) is 5.75 Å². The molecule has 0 fully saturated rings. The van der Waals surface area contributed by atoms with Gasteiger partial charge in [-0.2, -0.15) is 5.26 Å². The number of benzene rings is 2. The molecule has 0 bridgehead atoms. The fraction of sp³-hybridized carbons (Fsp3) is 0.300. The van der Waals surface area contributed by atoms with Gasteiger partial charge in [0.25, 0.3) is 0 Å². The Morgan fingerprint density at radius 2 is 1.96 bits per heavy atom. The summed E-state index contributed by atoms with van der Waals surface area (Å²) in [7, 11) is 0. The summed E-state index contributed by atoms with van der Waals surface area (Å²) in [6.07, 6.45) is 2.19. The number of nitrogens with two attached hydrogens (primary N) is 1. The number of rotatable bonds is 3. The predicted molar refractivity (Wildman–Crippen MR) is 92.3 cm³/mol. The van der Waals surface area contributed by atoms with Gasteiger partial charge in [-0.3, -0.25) is 4.79 Å². The van der Waals surface area contributed by atoms with Crippen LogP contribution in [0, 0.1) is 17.2 Å². The van der Waals surface area contributed by atoms with Gasteiger partial charge in [0.05, 0.1) is 18.0 Å². The predicted octanol–water partition coefficient (Wildman–Crippen LogP) is 3.23. The SMILES string of the molecule is CC1CCc2cc(-c3ccc(C[C@H](N)C#N)cc3)ccc2OC1=O. The van der Waals surface area contributed by atoms with Gasteiger partial charge < -0.3 is 10.5 Å². The van der Waals surface area contributed by atoms with Crippen molar-refractivity contribution >= 4 is 5.97 Å². The molecule has 0 saturated heterocycles. The number of nitrogens with zero attached hydrogens (tertiary/aromatic N) is 1. The first-order valence-corrected chi connectivity index (χ1v) is 8.16. The molecule has 1 heterocycles. The molecule has 0 spiro atoms. The monoisotopic (exact) mass is 320 g/mol. The highest BCUT2D eigenvalue weighted by Crippen LogP contribution is 2.31. The maximum absolute atomic E-state index is 11.8. The number of aryl methyl sites for hydroxylation is 1. The molecule has 1 aliphatic heterocycles. The molecule has 0 aromatic heterocycles. The second-order valence-electron chi connectivity index (χ2n) is 6.32. The summed E-state index contributed by atoms with van der Waals surface area (Å²) in [5, 5.41) is 8.79. The van der Waals surface area contributed by atoms with E-state index < -0.39 is 6.04 Å². The highest BCUT2D eigenvalue weighted by Gasteiger charge is 2.22. The molecule has 24 heavy (non-hydrogen) atoms. The zero-order valence-electron chi connectivity index (χ0n) is 13.7. The fourth-order valence-corrected chi connectivity index (χ4v) is 2.89. The first-order valence-electron chi connectivity index (χ1n) is 8.16. The topological polar surface area (TPSA) is 76.1 Å². The van der Waals surface area contributed by atoms with Crippen LogP contribution >= 0.6 is 0 Å². The van der Waals surface area contributed by atoms with Crippen molar-refractivity contribution < 1.29 is 9.53 Å². The zero-order valence-corrected chi connectivity index (χ0v) is 13.7. The molecule has 1 aliphatic rings. The number of nitriles is 1. The molecule has 4 heteroatoms. The van der Waals surface area contributed by atoms with Crippen LogP contribution in [0.4, 0.5) is 0 Å². The summed E-state index contributed by atoms with van der Waals surface area (Å²) in [6, 6.07) is 15.6. The lowest BCUT2D eigenvalue weighted by Crippen LogP contribution is -2.19. The van der Waals surface area contributed by atoms with E-state index in [4.69, 9.17) is 15.7 Å². The molecular formula is C20H20N2O2. The van der Waals surface area contributed by atoms with Crippen LogP contribution in [0.2, 0.25) is 0 Å². The highest BCUT2D eigenvalue weighted by atomic mass is 16.5. The van der Waals surface area contributed by atoms with Crippen molar-refractivity contribution in [3.05, 3.63) is 53.6 Å². The quantitative estimate of drug-likeness (QED) is 0.696. The van der Waals surface area contributed by atoms with Crippen molar-refractivity contribution in [3.8, 4) is 22.9 Å². The van der Waals surface area contributed by atoms with Crippen LogP contribution in [0.5, 0.6) is 5.75 Å². The van der Waals surface area contributed by atoms with E-state index in [1.165, 1.54) is 0 Å². The van der Waals surface area contributed by atoms with E-state index in [0.29, 0.717) is 12.2 Å². The fourth-order valence-electron chi connectivity index (χ4n) is 2.89. The van der Waals surface area contributed by atoms with Crippen LogP contribution in [0.15, 0.2) is 42.5 Å². The third kappa shape index (κ3) is 3.47. The summed E-state index contributed by atoms with van der Waals surface area (Å²) in [5.41, 5.74) is 9.97. The molecule has 0 radical (unpaired) electrons. The molecule has 2 N–H and O–H groups in total. The summed E-state index contributed by atoms with van der Waals surface area (Å²) in [6.45, 7) is 1.90. The van der Waals surface area contributed by atoms with Gasteiger partial charge in [0, 0.05) is 6.42 Å². The lowest BCUT2D eigenvalue weighted by molar-refractivity contribution is -0.138. The molecule has 122 valence electrons. The minimum Gasteiger partial charge on any atom is -0.426 e. The van der Waals surface area contributed by atoms with E-state index in [2.05, 4.69) is 6.07 Å². The Labute approximate surface area is 141 Å². The minimum absolute atomic E-state index is 0.0653. The first-order chi connectivity index (χ1) is 11.6. The smallest absolute Gasteiger partial charge is 0.314 e. The number of hydrogen-bond acceptors (Lipinski definition) is 4. The molecular weight excluding hydrogens is 300 g/mol. The van der Waals surface area contributed by atoms with Crippen LogP contribution in [-0.4, -0.2) is 12.0 Å². The number of carbonyl (C=O) groups excluding carboxylic acids is 1. The number of carbonyl (C=O) groups is 1. The van der Waals surface area contributed by atoms with Crippen molar-refractivity contribution in [2.24, 2.45) is 11.7 Å². The second kappa shape index (κ2) is 6.86. The molecule has 0 saturated carbocycles. The number of fused-ring (bicyclic) bond motifs is 1.